The highest BCUT2D eigenvalue weighted by molar-refractivity contribution is 7.91. The molecular formula is C22H31NO3S. The van der Waals surface area contributed by atoms with Crippen LogP contribution in [0, 0.1) is 30.1 Å². The standard InChI is InChI=1S/C22H31NO3S/c1-15-3-5-20(6-4-15)27(25,26)8-7-21(24)23-16(2)22-12-17-9-18(13-22)11-19(10-17)14-22/h3-6,16-19H,7-14H2,1-2H3,(H,23,24). The number of carbonyl (C=O) groups excluding carboxylic acids is 1. The number of nitrogens with one attached hydrogen (secondary N) is 1. The maximum Gasteiger partial charge on any atom is 0.221 e. The van der Waals surface area contributed by atoms with Gasteiger partial charge in [-0.05, 0) is 87.7 Å². The van der Waals surface area contributed by atoms with Crippen molar-refractivity contribution in [1.82, 2.24) is 5.32 Å². The third-order valence-corrected chi connectivity index (χ3v) is 9.09. The highest BCUT2D eigenvalue weighted by Gasteiger charge is 2.53. The maximum atomic E-state index is 12.5. The third kappa shape index (κ3) is 3.80. The number of sulfone groups is 1. The second-order valence-corrected chi connectivity index (χ2v) is 11.6. The Bertz CT molecular complexity index is 777. The molecule has 0 heterocycles. The summed E-state index contributed by atoms with van der Waals surface area (Å²) in [5, 5.41) is 3.17. The molecular weight excluding hydrogens is 358 g/mol. The fourth-order valence-electron chi connectivity index (χ4n) is 6.27. The van der Waals surface area contributed by atoms with Gasteiger partial charge in [-0.15, -0.1) is 0 Å². The Labute approximate surface area is 163 Å². The van der Waals surface area contributed by atoms with Crippen LogP contribution in [0.1, 0.15) is 57.4 Å². The molecule has 1 unspecified atom stereocenters. The van der Waals surface area contributed by atoms with Crippen LogP contribution < -0.4 is 5.32 Å². The number of aryl methyl sites for hydroxylation is 1. The van der Waals surface area contributed by atoms with Crippen molar-refractivity contribution in [3.05, 3.63) is 29.8 Å². The quantitative estimate of drug-likeness (QED) is 0.803. The molecule has 1 aromatic rings. The summed E-state index contributed by atoms with van der Waals surface area (Å²) in [6.45, 7) is 4.06. The molecule has 5 rings (SSSR count). The van der Waals surface area contributed by atoms with E-state index in [0.29, 0.717) is 4.90 Å². The van der Waals surface area contributed by atoms with Gasteiger partial charge < -0.3 is 5.32 Å². The van der Waals surface area contributed by atoms with Crippen LogP contribution in [-0.4, -0.2) is 26.1 Å². The van der Waals surface area contributed by atoms with E-state index in [0.717, 1.165) is 23.3 Å². The first kappa shape index (κ1) is 19.0. The van der Waals surface area contributed by atoms with E-state index in [1.807, 2.05) is 6.92 Å². The second kappa shape index (κ2) is 6.91. The first-order valence-corrected chi connectivity index (χ1v) is 12.0. The molecule has 4 saturated carbocycles. The molecule has 0 spiro atoms. The van der Waals surface area contributed by atoms with E-state index in [-0.39, 0.29) is 29.5 Å². The number of benzene rings is 1. The summed E-state index contributed by atoms with van der Waals surface area (Å²) < 4.78 is 25.0. The van der Waals surface area contributed by atoms with Gasteiger partial charge in [0, 0.05) is 12.5 Å². The number of amides is 1. The van der Waals surface area contributed by atoms with E-state index in [9.17, 15) is 13.2 Å². The molecule has 27 heavy (non-hydrogen) atoms. The topological polar surface area (TPSA) is 63.2 Å². The summed E-state index contributed by atoms with van der Waals surface area (Å²) in [5.74, 6) is 2.27. The zero-order chi connectivity index (χ0) is 19.2. The van der Waals surface area contributed by atoms with Crippen LogP contribution in [0.25, 0.3) is 0 Å². The lowest BCUT2D eigenvalue weighted by Crippen LogP contribution is -2.55. The zero-order valence-corrected chi connectivity index (χ0v) is 17.2. The highest BCUT2D eigenvalue weighted by Crippen LogP contribution is 2.61. The number of carbonyl (C=O) groups is 1. The Kier molecular flexibility index (Phi) is 4.86. The van der Waals surface area contributed by atoms with Crippen LogP contribution in [0.3, 0.4) is 0 Å². The van der Waals surface area contributed by atoms with E-state index in [4.69, 9.17) is 0 Å². The van der Waals surface area contributed by atoms with Crippen molar-refractivity contribution < 1.29 is 13.2 Å². The van der Waals surface area contributed by atoms with Gasteiger partial charge in [-0.2, -0.15) is 0 Å². The number of hydrogen-bond acceptors (Lipinski definition) is 3. The van der Waals surface area contributed by atoms with E-state index in [2.05, 4.69) is 12.2 Å². The van der Waals surface area contributed by atoms with Crippen molar-refractivity contribution >= 4 is 15.7 Å². The third-order valence-electron chi connectivity index (χ3n) is 7.36. The van der Waals surface area contributed by atoms with Gasteiger partial charge in [0.05, 0.1) is 10.6 Å². The Morgan fingerprint density at radius 2 is 1.59 bits per heavy atom. The molecule has 1 N–H and O–H groups in total. The van der Waals surface area contributed by atoms with Crippen LogP contribution in [0.2, 0.25) is 0 Å². The lowest BCUT2D eigenvalue weighted by Gasteiger charge is -2.59. The van der Waals surface area contributed by atoms with Crippen molar-refractivity contribution in [2.24, 2.45) is 23.2 Å². The molecule has 0 radical (unpaired) electrons. The summed E-state index contributed by atoms with van der Waals surface area (Å²) in [5.41, 5.74) is 1.27. The molecule has 1 amide bonds. The normalized spacial score (nSPS) is 33.0. The number of hydrogen-bond donors (Lipinski definition) is 1. The molecule has 1 atom stereocenters. The van der Waals surface area contributed by atoms with Gasteiger partial charge in [-0.1, -0.05) is 17.7 Å². The van der Waals surface area contributed by atoms with Crippen molar-refractivity contribution in [3.63, 3.8) is 0 Å². The van der Waals surface area contributed by atoms with Crippen LogP contribution in [0.5, 0.6) is 0 Å². The SMILES string of the molecule is Cc1ccc(S(=O)(=O)CCC(=O)NC(C)C23CC4CC(CC(C4)C2)C3)cc1. The first-order chi connectivity index (χ1) is 12.8. The van der Waals surface area contributed by atoms with Crippen LogP contribution >= 0.6 is 0 Å². The van der Waals surface area contributed by atoms with E-state index >= 15 is 0 Å². The fourth-order valence-corrected chi connectivity index (χ4v) is 7.51. The minimum atomic E-state index is -3.41. The van der Waals surface area contributed by atoms with Gasteiger partial charge in [-0.25, -0.2) is 8.42 Å². The van der Waals surface area contributed by atoms with Crippen LogP contribution in [-0.2, 0) is 14.6 Å². The molecule has 0 saturated heterocycles. The molecule has 0 aliphatic heterocycles. The molecule has 4 nitrogen and oxygen atoms in total. The van der Waals surface area contributed by atoms with Crippen molar-refractivity contribution in [3.8, 4) is 0 Å². The average molecular weight is 390 g/mol. The highest BCUT2D eigenvalue weighted by atomic mass is 32.2. The maximum absolute atomic E-state index is 12.5. The van der Waals surface area contributed by atoms with Gasteiger partial charge in [0.25, 0.3) is 0 Å². The monoisotopic (exact) mass is 389 g/mol. The number of rotatable bonds is 6. The largest absolute Gasteiger partial charge is 0.353 e. The lowest BCUT2D eigenvalue weighted by atomic mass is 9.48. The van der Waals surface area contributed by atoms with E-state index in [1.165, 1.54) is 38.5 Å². The van der Waals surface area contributed by atoms with Crippen molar-refractivity contribution in [2.45, 2.75) is 69.7 Å². The van der Waals surface area contributed by atoms with Crippen molar-refractivity contribution in [1.29, 1.82) is 0 Å². The molecule has 5 heteroatoms. The molecule has 0 aromatic heterocycles. The van der Waals surface area contributed by atoms with Gasteiger partial charge in [0.15, 0.2) is 9.84 Å². The van der Waals surface area contributed by atoms with Gasteiger partial charge >= 0.3 is 0 Å². The van der Waals surface area contributed by atoms with E-state index < -0.39 is 9.84 Å². The first-order valence-electron chi connectivity index (χ1n) is 10.3. The molecule has 4 fully saturated rings. The van der Waals surface area contributed by atoms with Gasteiger partial charge in [0.1, 0.15) is 0 Å². The smallest absolute Gasteiger partial charge is 0.221 e. The second-order valence-electron chi connectivity index (χ2n) is 9.45. The van der Waals surface area contributed by atoms with Crippen LogP contribution in [0.4, 0.5) is 0 Å². The van der Waals surface area contributed by atoms with Gasteiger partial charge in [-0.3, -0.25) is 4.79 Å². The fraction of sp³-hybridized carbons (Fsp3) is 0.682. The zero-order valence-electron chi connectivity index (χ0n) is 16.4. The van der Waals surface area contributed by atoms with E-state index in [1.54, 1.807) is 24.3 Å². The van der Waals surface area contributed by atoms with Crippen molar-refractivity contribution in [2.75, 3.05) is 5.75 Å². The molecule has 4 aliphatic carbocycles. The Morgan fingerprint density at radius 3 is 2.11 bits per heavy atom. The minimum absolute atomic E-state index is 0.0346. The summed E-state index contributed by atoms with van der Waals surface area (Å²) in [6.07, 6.45) is 7.90. The Morgan fingerprint density at radius 1 is 1.07 bits per heavy atom. The average Bonchev–Trinajstić information content (AvgIpc) is 2.59. The summed E-state index contributed by atoms with van der Waals surface area (Å²) >= 11 is 0. The summed E-state index contributed by atoms with van der Waals surface area (Å²) in [6, 6.07) is 6.98. The Hall–Kier alpha value is -1.36. The summed E-state index contributed by atoms with van der Waals surface area (Å²) in [7, 11) is -3.41. The predicted octanol–water partition coefficient (Wildman–Crippen LogP) is 3.88. The lowest BCUT2D eigenvalue weighted by molar-refractivity contribution is -0.125. The minimum Gasteiger partial charge on any atom is -0.353 e. The molecule has 4 aliphatic rings. The molecule has 4 bridgehead atoms. The molecule has 1 aromatic carbocycles. The predicted molar refractivity (Wildman–Crippen MR) is 106 cm³/mol. The van der Waals surface area contributed by atoms with Gasteiger partial charge in [0.2, 0.25) is 5.91 Å². The molecule has 148 valence electrons. The Balaban J connectivity index is 1.35. The van der Waals surface area contributed by atoms with Crippen LogP contribution in [0.15, 0.2) is 29.2 Å². The summed E-state index contributed by atoms with van der Waals surface area (Å²) in [4.78, 5) is 12.8.